The summed E-state index contributed by atoms with van der Waals surface area (Å²) in [4.78, 5) is 23.2. The maximum atomic E-state index is 11.6. The van der Waals surface area contributed by atoms with Crippen molar-refractivity contribution < 1.29 is 19.1 Å². The molecule has 1 rings (SSSR count). The SMILES string of the molecule is O=C(CCC(=O)OCCCc1ccccc1)OCCCCCCCCCl. The Labute approximate surface area is 162 Å². The molecule has 146 valence electrons. The first-order chi connectivity index (χ1) is 12.7. The third-order valence-corrected chi connectivity index (χ3v) is 4.31. The largest absolute Gasteiger partial charge is 0.466 e. The number of unbranched alkanes of at least 4 members (excludes halogenated alkanes) is 5. The fourth-order valence-electron chi connectivity index (χ4n) is 2.55. The second kappa shape index (κ2) is 15.7. The molecule has 0 amide bonds. The molecule has 0 unspecified atom stereocenters. The molecule has 1 aromatic rings. The van der Waals surface area contributed by atoms with Gasteiger partial charge in [0, 0.05) is 5.88 Å². The van der Waals surface area contributed by atoms with Gasteiger partial charge >= 0.3 is 11.9 Å². The number of ether oxygens (including phenoxy) is 2. The molecule has 0 atom stereocenters. The molecule has 0 saturated heterocycles. The summed E-state index contributed by atoms with van der Waals surface area (Å²) in [6.45, 7) is 0.812. The number of esters is 2. The van der Waals surface area contributed by atoms with Gasteiger partial charge < -0.3 is 9.47 Å². The minimum atomic E-state index is -0.339. The molecule has 0 heterocycles. The summed E-state index contributed by atoms with van der Waals surface area (Å²) < 4.78 is 10.3. The van der Waals surface area contributed by atoms with Gasteiger partial charge in [-0.25, -0.2) is 0 Å². The van der Waals surface area contributed by atoms with Crippen LogP contribution in [0.25, 0.3) is 0 Å². The van der Waals surface area contributed by atoms with Gasteiger partial charge in [-0.3, -0.25) is 9.59 Å². The first-order valence-electron chi connectivity index (χ1n) is 9.63. The van der Waals surface area contributed by atoms with Gasteiger partial charge in [-0.2, -0.15) is 0 Å². The first-order valence-corrected chi connectivity index (χ1v) is 10.2. The van der Waals surface area contributed by atoms with Crippen LogP contribution in [0.4, 0.5) is 0 Å². The van der Waals surface area contributed by atoms with Gasteiger partial charge in [0.05, 0.1) is 26.1 Å². The van der Waals surface area contributed by atoms with Crippen LogP contribution in [-0.2, 0) is 25.5 Å². The summed E-state index contributed by atoms with van der Waals surface area (Å²) in [5, 5.41) is 0. The third-order valence-electron chi connectivity index (χ3n) is 4.04. The molecular formula is C21H31ClO4. The van der Waals surface area contributed by atoms with Crippen LogP contribution in [-0.4, -0.2) is 31.0 Å². The molecule has 26 heavy (non-hydrogen) atoms. The molecule has 0 N–H and O–H groups in total. The van der Waals surface area contributed by atoms with E-state index in [-0.39, 0.29) is 24.8 Å². The van der Waals surface area contributed by atoms with Crippen molar-refractivity contribution in [1.29, 1.82) is 0 Å². The summed E-state index contributed by atoms with van der Waals surface area (Å²) in [5.74, 6) is 0.0651. The van der Waals surface area contributed by atoms with E-state index in [1.165, 1.54) is 12.0 Å². The van der Waals surface area contributed by atoms with Crippen molar-refractivity contribution in [3.8, 4) is 0 Å². The van der Waals surface area contributed by atoms with E-state index >= 15 is 0 Å². The van der Waals surface area contributed by atoms with Gasteiger partial charge in [0.2, 0.25) is 0 Å². The summed E-state index contributed by atoms with van der Waals surface area (Å²) in [6, 6.07) is 10.1. The van der Waals surface area contributed by atoms with Crippen LogP contribution in [0.5, 0.6) is 0 Å². The number of hydrogen-bond acceptors (Lipinski definition) is 4. The quantitative estimate of drug-likeness (QED) is 0.241. The monoisotopic (exact) mass is 382 g/mol. The Kier molecular flexibility index (Phi) is 13.6. The summed E-state index contributed by atoms with van der Waals surface area (Å²) in [7, 11) is 0. The van der Waals surface area contributed by atoms with Gasteiger partial charge in [-0.05, 0) is 31.2 Å². The van der Waals surface area contributed by atoms with E-state index in [1.54, 1.807) is 0 Å². The molecule has 4 nitrogen and oxygen atoms in total. The highest BCUT2D eigenvalue weighted by molar-refractivity contribution is 6.17. The van der Waals surface area contributed by atoms with Gasteiger partial charge in [-0.15, -0.1) is 11.6 Å². The van der Waals surface area contributed by atoms with Crippen molar-refractivity contribution in [2.75, 3.05) is 19.1 Å². The minimum Gasteiger partial charge on any atom is -0.466 e. The highest BCUT2D eigenvalue weighted by Crippen LogP contribution is 2.07. The lowest BCUT2D eigenvalue weighted by atomic mass is 10.1. The molecule has 0 aliphatic heterocycles. The molecule has 5 heteroatoms. The number of alkyl halides is 1. The smallest absolute Gasteiger partial charge is 0.306 e. The molecule has 0 radical (unpaired) electrons. The van der Waals surface area contributed by atoms with Gasteiger partial charge in [0.25, 0.3) is 0 Å². The zero-order valence-electron chi connectivity index (χ0n) is 15.6. The van der Waals surface area contributed by atoms with Crippen LogP contribution >= 0.6 is 11.6 Å². The molecule has 0 aliphatic rings. The van der Waals surface area contributed by atoms with Gasteiger partial charge in [0.15, 0.2) is 0 Å². The Morgan fingerprint density at radius 2 is 1.27 bits per heavy atom. The highest BCUT2D eigenvalue weighted by atomic mass is 35.5. The number of halogens is 1. The van der Waals surface area contributed by atoms with Gasteiger partial charge in [-0.1, -0.05) is 56.0 Å². The van der Waals surface area contributed by atoms with Crippen molar-refractivity contribution in [1.82, 2.24) is 0 Å². The number of aryl methyl sites for hydroxylation is 1. The molecular weight excluding hydrogens is 352 g/mol. The Hall–Kier alpha value is -1.55. The average molecular weight is 383 g/mol. The Bertz CT molecular complexity index is 490. The van der Waals surface area contributed by atoms with Crippen LogP contribution in [0.3, 0.4) is 0 Å². The topological polar surface area (TPSA) is 52.6 Å². The van der Waals surface area contributed by atoms with Crippen LogP contribution in [0.15, 0.2) is 30.3 Å². The third kappa shape index (κ3) is 12.8. The zero-order chi connectivity index (χ0) is 18.9. The van der Waals surface area contributed by atoms with Crippen LogP contribution < -0.4 is 0 Å². The first kappa shape index (κ1) is 22.5. The van der Waals surface area contributed by atoms with Crippen molar-refractivity contribution in [3.63, 3.8) is 0 Å². The van der Waals surface area contributed by atoms with E-state index in [4.69, 9.17) is 21.1 Å². The fourth-order valence-corrected chi connectivity index (χ4v) is 2.73. The number of carbonyl (C=O) groups excluding carboxylic acids is 2. The predicted molar refractivity (Wildman–Crippen MR) is 104 cm³/mol. The number of hydrogen-bond donors (Lipinski definition) is 0. The summed E-state index contributed by atoms with van der Waals surface area (Å²) in [6.07, 6.45) is 8.31. The number of carbonyl (C=O) groups is 2. The second-order valence-corrected chi connectivity index (χ2v) is 6.72. The normalized spacial score (nSPS) is 10.5. The van der Waals surface area contributed by atoms with Gasteiger partial charge in [0.1, 0.15) is 0 Å². The number of rotatable bonds is 15. The van der Waals surface area contributed by atoms with E-state index in [1.807, 2.05) is 18.2 Å². The van der Waals surface area contributed by atoms with E-state index in [9.17, 15) is 9.59 Å². The Balaban J connectivity index is 1.91. The fraction of sp³-hybridized carbons (Fsp3) is 0.619. The second-order valence-electron chi connectivity index (χ2n) is 6.34. The lowest BCUT2D eigenvalue weighted by molar-refractivity contribution is -0.150. The van der Waals surface area contributed by atoms with Crippen LogP contribution in [0.2, 0.25) is 0 Å². The van der Waals surface area contributed by atoms with Crippen molar-refractivity contribution in [3.05, 3.63) is 35.9 Å². The lowest BCUT2D eigenvalue weighted by Crippen LogP contribution is -2.11. The molecule has 0 bridgehead atoms. The molecule has 0 aliphatic carbocycles. The van der Waals surface area contributed by atoms with Crippen molar-refractivity contribution in [2.24, 2.45) is 0 Å². The van der Waals surface area contributed by atoms with Crippen LogP contribution in [0, 0.1) is 0 Å². The lowest BCUT2D eigenvalue weighted by Gasteiger charge is -2.06. The predicted octanol–water partition coefficient (Wildman–Crippen LogP) is 5.07. The van der Waals surface area contributed by atoms with E-state index < -0.39 is 0 Å². The molecule has 0 spiro atoms. The molecule has 0 aromatic heterocycles. The molecule has 0 fully saturated rings. The van der Waals surface area contributed by atoms with E-state index in [0.717, 1.165) is 50.8 Å². The van der Waals surface area contributed by atoms with Crippen molar-refractivity contribution in [2.45, 2.75) is 64.2 Å². The van der Waals surface area contributed by atoms with Crippen molar-refractivity contribution >= 4 is 23.5 Å². The standard InChI is InChI=1S/C21H31ClO4/c22-16-8-3-1-2-4-9-17-25-20(23)14-15-21(24)26-18-10-13-19-11-6-5-7-12-19/h5-7,11-12H,1-4,8-10,13-18H2. The maximum Gasteiger partial charge on any atom is 0.306 e. The Morgan fingerprint density at radius 3 is 1.88 bits per heavy atom. The number of benzene rings is 1. The summed E-state index contributed by atoms with van der Waals surface area (Å²) in [5.41, 5.74) is 1.23. The maximum absolute atomic E-state index is 11.6. The average Bonchev–Trinajstić information content (AvgIpc) is 2.66. The van der Waals surface area contributed by atoms with Crippen LogP contribution in [0.1, 0.15) is 63.4 Å². The molecule has 0 saturated carbocycles. The zero-order valence-corrected chi connectivity index (χ0v) is 16.3. The Morgan fingerprint density at radius 1 is 0.731 bits per heavy atom. The summed E-state index contributed by atoms with van der Waals surface area (Å²) >= 11 is 5.62. The highest BCUT2D eigenvalue weighted by Gasteiger charge is 2.09. The van der Waals surface area contributed by atoms with E-state index in [0.29, 0.717) is 13.2 Å². The molecule has 1 aromatic carbocycles. The van der Waals surface area contributed by atoms with E-state index in [2.05, 4.69) is 12.1 Å². The minimum absolute atomic E-state index is 0.0859.